The number of fused-ring (bicyclic) bond motifs is 1. The van der Waals surface area contributed by atoms with Crippen LogP contribution >= 0.6 is 0 Å². The van der Waals surface area contributed by atoms with E-state index in [0.29, 0.717) is 11.3 Å². The number of methoxy groups -OCH3 is 2. The third-order valence-corrected chi connectivity index (χ3v) is 6.02. The van der Waals surface area contributed by atoms with Crippen molar-refractivity contribution in [2.45, 2.75) is 57.3 Å². The lowest BCUT2D eigenvalue weighted by atomic mass is 10.1. The minimum Gasteiger partial charge on any atom is -0.494 e. The van der Waals surface area contributed by atoms with Gasteiger partial charge in [0.1, 0.15) is 11.8 Å². The normalized spacial score (nSPS) is 14.0. The van der Waals surface area contributed by atoms with Crippen molar-refractivity contribution in [3.8, 4) is 22.9 Å². The maximum atomic E-state index is 14.4. The molecule has 0 saturated heterocycles. The molecule has 0 spiro atoms. The number of nitrogens with one attached hydrogen (secondary N) is 1. The molecule has 0 fully saturated rings. The second kappa shape index (κ2) is 12.1. The van der Waals surface area contributed by atoms with Crippen molar-refractivity contribution in [3.05, 3.63) is 36.0 Å². The maximum Gasteiger partial charge on any atom is 0.414 e. The molecule has 1 N–H and O–H groups in total. The Morgan fingerprint density at radius 2 is 1.69 bits per heavy atom. The molecular formula is C24H25F9N6O3. The van der Waals surface area contributed by atoms with Gasteiger partial charge in [-0.3, -0.25) is 4.98 Å². The highest BCUT2D eigenvalue weighted by molar-refractivity contribution is 5.76. The van der Waals surface area contributed by atoms with E-state index in [1.807, 2.05) is 0 Å². The molecular weight excluding hydrogens is 591 g/mol. The first-order valence-corrected chi connectivity index (χ1v) is 12.1. The summed E-state index contributed by atoms with van der Waals surface area (Å²) in [5, 5.41) is 1.28. The van der Waals surface area contributed by atoms with E-state index < -0.39 is 61.7 Å². The number of alkyl halides is 9. The topological polar surface area (TPSA) is 93.9 Å². The number of carbonyl (C=O) groups is 1. The Morgan fingerprint density at radius 1 is 1.02 bits per heavy atom. The van der Waals surface area contributed by atoms with Gasteiger partial charge in [-0.1, -0.05) is 0 Å². The molecule has 3 aromatic heterocycles. The predicted octanol–water partition coefficient (Wildman–Crippen LogP) is 6.03. The van der Waals surface area contributed by atoms with Gasteiger partial charge in [-0.25, -0.2) is 14.8 Å². The Bertz CT molecular complexity index is 1410. The number of imidazole rings is 1. The van der Waals surface area contributed by atoms with Crippen LogP contribution in [-0.2, 0) is 0 Å². The van der Waals surface area contributed by atoms with Crippen molar-refractivity contribution in [2.24, 2.45) is 0 Å². The zero-order valence-corrected chi connectivity index (χ0v) is 22.4. The molecule has 0 saturated carbocycles. The van der Waals surface area contributed by atoms with Gasteiger partial charge in [0.2, 0.25) is 5.65 Å². The zero-order chi connectivity index (χ0) is 31.6. The number of carbonyl (C=O) groups excluding carboxylic acids is 1. The van der Waals surface area contributed by atoms with Gasteiger partial charge in [0, 0.05) is 30.9 Å². The fourth-order valence-corrected chi connectivity index (χ4v) is 4.14. The molecule has 3 rings (SSSR count). The van der Waals surface area contributed by atoms with Crippen LogP contribution in [0.25, 0.3) is 16.9 Å². The molecule has 0 aliphatic rings. The van der Waals surface area contributed by atoms with Crippen LogP contribution in [0.3, 0.4) is 0 Å². The van der Waals surface area contributed by atoms with E-state index in [0.717, 1.165) is 19.2 Å². The van der Waals surface area contributed by atoms with Gasteiger partial charge in [0.15, 0.2) is 6.04 Å². The molecule has 9 nitrogen and oxygen atoms in total. The number of amides is 2. The first kappa shape index (κ1) is 32.5. The Labute approximate surface area is 232 Å². The van der Waals surface area contributed by atoms with Crippen LogP contribution in [0.15, 0.2) is 24.7 Å². The lowest BCUT2D eigenvalue weighted by Gasteiger charge is -2.34. The van der Waals surface area contributed by atoms with E-state index in [2.05, 4.69) is 15.0 Å². The number of aromatic nitrogens is 4. The smallest absolute Gasteiger partial charge is 0.414 e. The minimum absolute atomic E-state index is 0.00134. The highest BCUT2D eigenvalue weighted by Crippen LogP contribution is 2.40. The highest BCUT2D eigenvalue weighted by atomic mass is 19.4. The second-order valence-electron chi connectivity index (χ2n) is 8.99. The van der Waals surface area contributed by atoms with E-state index in [9.17, 15) is 44.3 Å². The Morgan fingerprint density at radius 3 is 2.21 bits per heavy atom. The van der Waals surface area contributed by atoms with Crippen LogP contribution in [0.4, 0.5) is 44.3 Å². The zero-order valence-electron chi connectivity index (χ0n) is 22.4. The number of nitrogens with zero attached hydrogens (tertiary/aromatic N) is 5. The van der Waals surface area contributed by atoms with Crippen molar-refractivity contribution in [2.75, 3.05) is 20.8 Å². The van der Waals surface area contributed by atoms with Crippen LogP contribution in [-0.4, -0.2) is 75.6 Å². The third-order valence-electron chi connectivity index (χ3n) is 6.02. The summed E-state index contributed by atoms with van der Waals surface area (Å²) < 4.78 is 133. The van der Waals surface area contributed by atoms with Gasteiger partial charge in [-0.2, -0.15) is 39.5 Å². The van der Waals surface area contributed by atoms with Crippen LogP contribution in [0.5, 0.6) is 11.6 Å². The van der Waals surface area contributed by atoms with Crippen molar-refractivity contribution >= 4 is 11.7 Å². The molecule has 0 radical (unpaired) electrons. The van der Waals surface area contributed by atoms with Crippen LogP contribution in [0, 0.1) is 6.92 Å². The summed E-state index contributed by atoms with van der Waals surface area (Å²) in [7, 11) is 2.51. The van der Waals surface area contributed by atoms with Gasteiger partial charge in [-0.15, -0.1) is 0 Å². The Balaban J connectivity index is 2.08. The fourth-order valence-electron chi connectivity index (χ4n) is 4.14. The van der Waals surface area contributed by atoms with Gasteiger partial charge >= 0.3 is 24.6 Å². The largest absolute Gasteiger partial charge is 0.494 e. The van der Waals surface area contributed by atoms with E-state index >= 15 is 0 Å². The van der Waals surface area contributed by atoms with Gasteiger partial charge in [0.05, 0.1) is 37.5 Å². The molecule has 2 amide bonds. The molecule has 0 aliphatic carbocycles. The molecule has 3 heterocycles. The fraction of sp³-hybridized carbons (Fsp3) is 0.500. The quantitative estimate of drug-likeness (QED) is 0.296. The summed E-state index contributed by atoms with van der Waals surface area (Å²) in [6, 6.07) is -6.95. The first-order chi connectivity index (χ1) is 19.4. The third kappa shape index (κ3) is 7.44. The number of hydrogen-bond donors (Lipinski definition) is 1. The standard InChI is InChI=1S/C24H25F9N6O3/c1-5-39(21(40)37-17(23(28,29)30)6-7-22(25,26)27)18(24(31,32)33)14-8-13(16(41-3)9-34-14)15-11-38-10-12(2)35-19(38)20(36-15)42-4/h8-11,17-18H,5-7H2,1-4H3,(H,37,40). The number of halogens is 9. The summed E-state index contributed by atoms with van der Waals surface area (Å²) in [5.74, 6) is -0.0257. The summed E-state index contributed by atoms with van der Waals surface area (Å²) in [6.07, 6.45) is -15.3. The van der Waals surface area contributed by atoms with Crippen molar-refractivity contribution < 1.29 is 53.8 Å². The lowest BCUT2D eigenvalue weighted by molar-refractivity contribution is -0.182. The van der Waals surface area contributed by atoms with Crippen molar-refractivity contribution in [3.63, 3.8) is 0 Å². The number of pyridine rings is 1. The number of aryl methyl sites for hydroxylation is 1. The van der Waals surface area contributed by atoms with Gasteiger partial charge in [-0.05, 0) is 26.3 Å². The number of hydrogen-bond acceptors (Lipinski definition) is 6. The Kier molecular flexibility index (Phi) is 9.36. The van der Waals surface area contributed by atoms with Gasteiger partial charge in [0.25, 0.3) is 5.88 Å². The first-order valence-electron chi connectivity index (χ1n) is 12.1. The van der Waals surface area contributed by atoms with Crippen LogP contribution in [0.1, 0.15) is 37.2 Å². The van der Waals surface area contributed by atoms with Crippen molar-refractivity contribution in [1.29, 1.82) is 0 Å². The summed E-state index contributed by atoms with van der Waals surface area (Å²) in [6.45, 7) is 1.96. The molecule has 3 aromatic rings. The molecule has 232 valence electrons. The van der Waals surface area contributed by atoms with E-state index in [-0.39, 0.29) is 27.8 Å². The highest BCUT2D eigenvalue weighted by Gasteiger charge is 2.49. The van der Waals surface area contributed by atoms with E-state index in [4.69, 9.17) is 9.47 Å². The Hall–Kier alpha value is -3.99. The number of rotatable bonds is 9. The van der Waals surface area contributed by atoms with Crippen LogP contribution in [0.2, 0.25) is 0 Å². The molecule has 0 bridgehead atoms. The van der Waals surface area contributed by atoms with E-state index in [1.54, 1.807) is 13.1 Å². The number of ether oxygens (including phenoxy) is 2. The average molecular weight is 616 g/mol. The van der Waals surface area contributed by atoms with Gasteiger partial charge < -0.3 is 24.1 Å². The summed E-state index contributed by atoms with van der Waals surface area (Å²) in [4.78, 5) is 25.0. The summed E-state index contributed by atoms with van der Waals surface area (Å²) in [5.41, 5.74) is 0.0485. The molecule has 2 unspecified atom stereocenters. The second-order valence-corrected chi connectivity index (χ2v) is 8.99. The molecule has 0 aliphatic heterocycles. The lowest BCUT2D eigenvalue weighted by Crippen LogP contribution is -2.53. The predicted molar refractivity (Wildman–Crippen MR) is 129 cm³/mol. The minimum atomic E-state index is -5.37. The average Bonchev–Trinajstić information content (AvgIpc) is 3.26. The van der Waals surface area contributed by atoms with Crippen LogP contribution < -0.4 is 14.8 Å². The molecule has 2 atom stereocenters. The molecule has 42 heavy (non-hydrogen) atoms. The summed E-state index contributed by atoms with van der Waals surface area (Å²) >= 11 is 0. The monoisotopic (exact) mass is 616 g/mol. The SMILES string of the molecule is CCN(C(=O)NC(CCC(F)(F)F)C(F)(F)F)C(c1cc(-c2cn3cc(C)nc3c(OC)n2)c(OC)cn1)C(F)(F)F. The number of urea groups is 1. The van der Waals surface area contributed by atoms with E-state index in [1.165, 1.54) is 30.1 Å². The molecule has 18 heteroatoms. The molecule has 0 aromatic carbocycles. The maximum absolute atomic E-state index is 14.4. The van der Waals surface area contributed by atoms with Crippen molar-refractivity contribution in [1.82, 2.24) is 29.6 Å².